The summed E-state index contributed by atoms with van der Waals surface area (Å²) in [5, 5.41) is 23.6. The molecule has 160 valence electrons. The molecule has 1 aliphatic heterocycles. The van der Waals surface area contributed by atoms with Gasteiger partial charge in [-0.1, -0.05) is 66.7 Å². The molecule has 1 aliphatic rings. The van der Waals surface area contributed by atoms with Gasteiger partial charge in [-0.2, -0.15) is 5.26 Å². The molecule has 1 heterocycles. The molecule has 0 radical (unpaired) electrons. The summed E-state index contributed by atoms with van der Waals surface area (Å²) in [6, 6.07) is 26.9. The molecule has 0 spiro atoms. The van der Waals surface area contributed by atoms with Gasteiger partial charge in [0.05, 0.1) is 16.7 Å². The zero-order valence-electron chi connectivity index (χ0n) is 17.3. The Morgan fingerprint density at radius 2 is 1.72 bits per heavy atom. The van der Waals surface area contributed by atoms with Crippen molar-refractivity contribution in [2.45, 2.75) is 24.7 Å². The number of phenolic OH excluding ortho intramolecular Hbond substituents is 1. The summed E-state index contributed by atoms with van der Waals surface area (Å²) in [6.07, 6.45) is 0.168. The zero-order chi connectivity index (χ0) is 22.3. The standard InChI is InChI=1S/C26H22N2O3S/c27-15-22-21(14-25(30)28-26(22)32-17-19-9-5-2-6-10-19)20-11-12-23(29)24(13-20)31-16-18-7-3-1-4-8-18/h1-13,21,29H,14,16-17H2,(H,28,30). The van der Waals surface area contributed by atoms with E-state index in [4.69, 9.17) is 4.74 Å². The quantitative estimate of drug-likeness (QED) is 0.523. The van der Waals surface area contributed by atoms with Crippen molar-refractivity contribution in [3.8, 4) is 17.6 Å². The maximum absolute atomic E-state index is 12.4. The average molecular weight is 443 g/mol. The van der Waals surface area contributed by atoms with E-state index < -0.39 is 5.92 Å². The molecule has 0 aromatic heterocycles. The van der Waals surface area contributed by atoms with Gasteiger partial charge in [-0.05, 0) is 28.8 Å². The number of phenols is 1. The number of carbonyl (C=O) groups excluding carboxylic acids is 1. The highest BCUT2D eigenvalue weighted by Crippen LogP contribution is 2.39. The summed E-state index contributed by atoms with van der Waals surface area (Å²) in [6.45, 7) is 0.308. The first-order valence-corrected chi connectivity index (χ1v) is 11.2. The number of amides is 1. The summed E-state index contributed by atoms with van der Waals surface area (Å²) in [5.74, 6) is 0.463. The third-order valence-electron chi connectivity index (χ3n) is 5.21. The van der Waals surface area contributed by atoms with E-state index >= 15 is 0 Å². The Hall–Kier alpha value is -3.69. The summed E-state index contributed by atoms with van der Waals surface area (Å²) in [5.41, 5.74) is 3.37. The van der Waals surface area contributed by atoms with E-state index in [1.165, 1.54) is 11.8 Å². The van der Waals surface area contributed by atoms with Crippen LogP contribution < -0.4 is 10.1 Å². The van der Waals surface area contributed by atoms with Crippen molar-refractivity contribution in [3.63, 3.8) is 0 Å². The number of allylic oxidation sites excluding steroid dienone is 1. The molecule has 6 heteroatoms. The Kier molecular flexibility index (Phi) is 6.78. The molecule has 5 nitrogen and oxygen atoms in total. The highest BCUT2D eigenvalue weighted by molar-refractivity contribution is 8.02. The molecule has 0 aliphatic carbocycles. The number of nitrogens with one attached hydrogen (secondary N) is 1. The predicted molar refractivity (Wildman–Crippen MR) is 125 cm³/mol. The van der Waals surface area contributed by atoms with E-state index in [1.807, 2.05) is 60.7 Å². The fraction of sp³-hybridized carbons (Fsp3) is 0.154. The third-order valence-corrected chi connectivity index (χ3v) is 6.29. The van der Waals surface area contributed by atoms with Gasteiger partial charge in [0.15, 0.2) is 11.5 Å². The topological polar surface area (TPSA) is 82.4 Å². The van der Waals surface area contributed by atoms with Crippen molar-refractivity contribution in [3.05, 3.63) is 106 Å². The van der Waals surface area contributed by atoms with Crippen LogP contribution in [0.15, 0.2) is 89.5 Å². The second-order valence-electron chi connectivity index (χ2n) is 7.44. The monoisotopic (exact) mass is 442 g/mol. The average Bonchev–Trinajstić information content (AvgIpc) is 2.83. The van der Waals surface area contributed by atoms with Crippen LogP contribution >= 0.6 is 11.8 Å². The molecule has 2 N–H and O–H groups in total. The van der Waals surface area contributed by atoms with Crippen LogP contribution in [0.2, 0.25) is 0 Å². The Bertz CT molecular complexity index is 1170. The second-order valence-corrected chi connectivity index (χ2v) is 8.42. The summed E-state index contributed by atoms with van der Waals surface area (Å²) >= 11 is 1.44. The molecule has 0 bridgehead atoms. The smallest absolute Gasteiger partial charge is 0.225 e. The Labute approximate surface area is 191 Å². The van der Waals surface area contributed by atoms with Crippen molar-refractivity contribution in [1.82, 2.24) is 5.32 Å². The lowest BCUT2D eigenvalue weighted by Crippen LogP contribution is -2.30. The molecule has 0 saturated heterocycles. The van der Waals surface area contributed by atoms with Crippen molar-refractivity contribution in [2.24, 2.45) is 0 Å². The molecule has 1 amide bonds. The maximum atomic E-state index is 12.4. The first kappa shape index (κ1) is 21.5. The minimum absolute atomic E-state index is 0.0195. The van der Waals surface area contributed by atoms with Crippen LogP contribution in [0, 0.1) is 11.3 Å². The SMILES string of the molecule is N#CC1=C(SCc2ccccc2)NC(=O)CC1c1ccc(O)c(OCc2ccccc2)c1. The Morgan fingerprint density at radius 3 is 2.41 bits per heavy atom. The summed E-state index contributed by atoms with van der Waals surface area (Å²) < 4.78 is 5.83. The molecule has 32 heavy (non-hydrogen) atoms. The lowest BCUT2D eigenvalue weighted by Gasteiger charge is -2.25. The largest absolute Gasteiger partial charge is 0.504 e. The van der Waals surface area contributed by atoms with Crippen LogP contribution in [-0.2, 0) is 17.2 Å². The summed E-state index contributed by atoms with van der Waals surface area (Å²) in [4.78, 5) is 12.4. The maximum Gasteiger partial charge on any atom is 0.225 e. The normalized spacial score (nSPS) is 15.7. The molecule has 0 fully saturated rings. The number of hydrogen-bond acceptors (Lipinski definition) is 5. The minimum atomic E-state index is -0.397. The van der Waals surface area contributed by atoms with Gasteiger partial charge in [0.25, 0.3) is 0 Å². The van der Waals surface area contributed by atoms with Gasteiger partial charge in [0, 0.05) is 18.1 Å². The highest BCUT2D eigenvalue weighted by atomic mass is 32.2. The first-order valence-electron chi connectivity index (χ1n) is 10.2. The fourth-order valence-corrected chi connectivity index (χ4v) is 4.58. The highest BCUT2D eigenvalue weighted by Gasteiger charge is 2.30. The Balaban J connectivity index is 1.58. The van der Waals surface area contributed by atoms with Gasteiger partial charge in [-0.3, -0.25) is 4.79 Å². The van der Waals surface area contributed by atoms with Gasteiger partial charge in [-0.25, -0.2) is 0 Å². The molecule has 3 aromatic carbocycles. The minimum Gasteiger partial charge on any atom is -0.504 e. The lowest BCUT2D eigenvalue weighted by atomic mass is 9.87. The van der Waals surface area contributed by atoms with Crippen LogP contribution in [0.1, 0.15) is 29.0 Å². The van der Waals surface area contributed by atoms with Crippen LogP contribution in [0.4, 0.5) is 0 Å². The van der Waals surface area contributed by atoms with Gasteiger partial charge < -0.3 is 15.2 Å². The number of nitrogens with zero attached hydrogens (tertiary/aromatic N) is 1. The number of benzene rings is 3. The lowest BCUT2D eigenvalue weighted by molar-refractivity contribution is -0.120. The van der Waals surface area contributed by atoms with Gasteiger partial charge in [0.2, 0.25) is 5.91 Å². The van der Waals surface area contributed by atoms with E-state index in [9.17, 15) is 15.2 Å². The van der Waals surface area contributed by atoms with E-state index in [1.54, 1.807) is 18.2 Å². The number of thioether (sulfide) groups is 1. The predicted octanol–water partition coefficient (Wildman–Crippen LogP) is 5.24. The number of nitriles is 1. The Morgan fingerprint density at radius 1 is 1.03 bits per heavy atom. The van der Waals surface area contributed by atoms with Crippen molar-refractivity contribution in [2.75, 3.05) is 0 Å². The van der Waals surface area contributed by atoms with Gasteiger partial charge in [0.1, 0.15) is 6.61 Å². The number of carbonyl (C=O) groups is 1. The molecule has 1 atom stereocenters. The van der Waals surface area contributed by atoms with Crippen molar-refractivity contribution < 1.29 is 14.6 Å². The van der Waals surface area contributed by atoms with Crippen LogP contribution in [-0.4, -0.2) is 11.0 Å². The number of hydrogen-bond donors (Lipinski definition) is 2. The fourth-order valence-electron chi connectivity index (χ4n) is 3.55. The van der Waals surface area contributed by atoms with E-state index in [-0.39, 0.29) is 18.1 Å². The molecular formula is C26H22N2O3S. The third kappa shape index (κ3) is 5.13. The molecule has 1 unspecified atom stereocenters. The molecular weight excluding hydrogens is 420 g/mol. The first-order chi connectivity index (χ1) is 15.6. The molecule has 0 saturated carbocycles. The van der Waals surface area contributed by atoms with E-state index in [0.29, 0.717) is 28.7 Å². The van der Waals surface area contributed by atoms with Gasteiger partial charge >= 0.3 is 0 Å². The van der Waals surface area contributed by atoms with E-state index in [0.717, 1.165) is 16.7 Å². The van der Waals surface area contributed by atoms with Crippen molar-refractivity contribution >= 4 is 17.7 Å². The van der Waals surface area contributed by atoms with Crippen LogP contribution in [0.3, 0.4) is 0 Å². The molecule has 3 aromatic rings. The zero-order valence-corrected chi connectivity index (χ0v) is 18.1. The number of rotatable bonds is 7. The van der Waals surface area contributed by atoms with E-state index in [2.05, 4.69) is 11.4 Å². The molecule has 4 rings (SSSR count). The second kappa shape index (κ2) is 10.1. The summed E-state index contributed by atoms with van der Waals surface area (Å²) in [7, 11) is 0. The number of ether oxygens (including phenoxy) is 1. The van der Waals surface area contributed by atoms with Crippen molar-refractivity contribution in [1.29, 1.82) is 5.26 Å². The number of aromatic hydroxyl groups is 1. The van der Waals surface area contributed by atoms with Crippen LogP contribution in [0.25, 0.3) is 0 Å². The van der Waals surface area contributed by atoms with Gasteiger partial charge in [-0.15, -0.1) is 11.8 Å². The van der Waals surface area contributed by atoms with Crippen LogP contribution in [0.5, 0.6) is 11.5 Å².